The first-order valence-corrected chi connectivity index (χ1v) is 6.14. The predicted molar refractivity (Wildman–Crippen MR) is 71.8 cm³/mol. The summed E-state index contributed by atoms with van der Waals surface area (Å²) in [4.78, 5) is 16.1. The zero-order valence-electron chi connectivity index (χ0n) is 11.2. The molecule has 5 nitrogen and oxygen atoms in total. The molecule has 0 aliphatic heterocycles. The number of amides is 1. The van der Waals surface area contributed by atoms with Crippen LogP contribution in [0.3, 0.4) is 0 Å². The van der Waals surface area contributed by atoms with Gasteiger partial charge >= 0.3 is 0 Å². The maximum absolute atomic E-state index is 11.8. The molecular weight excluding hydrogens is 230 g/mol. The van der Waals surface area contributed by atoms with Gasteiger partial charge in [-0.3, -0.25) is 4.79 Å². The molecule has 5 heteroatoms. The Morgan fingerprint density at radius 1 is 1.44 bits per heavy atom. The molecule has 1 amide bonds. The van der Waals surface area contributed by atoms with Crippen LogP contribution in [-0.4, -0.2) is 37.2 Å². The predicted octanol–water partition coefficient (Wildman–Crippen LogP) is 1.67. The van der Waals surface area contributed by atoms with E-state index in [4.69, 9.17) is 4.74 Å². The molecular formula is C13H21N3O2. The zero-order chi connectivity index (χ0) is 13.4. The van der Waals surface area contributed by atoms with Crippen LogP contribution in [0.1, 0.15) is 30.8 Å². The van der Waals surface area contributed by atoms with Crippen LogP contribution in [0.2, 0.25) is 0 Å². The van der Waals surface area contributed by atoms with E-state index in [1.165, 1.54) is 0 Å². The largest absolute Gasteiger partial charge is 0.385 e. The fourth-order valence-corrected chi connectivity index (χ4v) is 1.45. The van der Waals surface area contributed by atoms with Crippen LogP contribution in [0.4, 0.5) is 5.82 Å². The number of carbonyl (C=O) groups excluding carboxylic acids is 1. The number of hydrogen-bond donors (Lipinski definition) is 2. The Bertz CT molecular complexity index is 380. The second-order valence-corrected chi connectivity index (χ2v) is 4.31. The first kappa shape index (κ1) is 14.4. The second kappa shape index (κ2) is 7.66. The van der Waals surface area contributed by atoms with Gasteiger partial charge in [-0.25, -0.2) is 4.98 Å². The summed E-state index contributed by atoms with van der Waals surface area (Å²) >= 11 is 0. The van der Waals surface area contributed by atoms with Gasteiger partial charge in [-0.15, -0.1) is 0 Å². The summed E-state index contributed by atoms with van der Waals surface area (Å²) in [6, 6.07) is 5.67. The molecule has 0 unspecified atom stereocenters. The van der Waals surface area contributed by atoms with Gasteiger partial charge in [0.1, 0.15) is 11.5 Å². The lowest BCUT2D eigenvalue weighted by atomic mass is 10.3. The Morgan fingerprint density at radius 2 is 2.22 bits per heavy atom. The van der Waals surface area contributed by atoms with Crippen LogP contribution >= 0.6 is 0 Å². The van der Waals surface area contributed by atoms with Crippen molar-refractivity contribution in [3.05, 3.63) is 23.9 Å². The first-order chi connectivity index (χ1) is 8.63. The number of nitrogens with one attached hydrogen (secondary N) is 2. The topological polar surface area (TPSA) is 63.2 Å². The van der Waals surface area contributed by atoms with Gasteiger partial charge in [0.15, 0.2) is 0 Å². The maximum atomic E-state index is 11.8. The molecule has 1 heterocycles. The number of hydrogen-bond acceptors (Lipinski definition) is 4. The highest BCUT2D eigenvalue weighted by molar-refractivity contribution is 5.92. The fraction of sp³-hybridized carbons (Fsp3) is 0.538. The van der Waals surface area contributed by atoms with Crippen molar-refractivity contribution in [3.63, 3.8) is 0 Å². The molecule has 0 saturated heterocycles. The molecule has 1 rings (SSSR count). The van der Waals surface area contributed by atoms with E-state index in [9.17, 15) is 4.79 Å². The van der Waals surface area contributed by atoms with Crippen LogP contribution in [0.5, 0.6) is 0 Å². The van der Waals surface area contributed by atoms with Crippen molar-refractivity contribution in [2.24, 2.45) is 0 Å². The zero-order valence-corrected chi connectivity index (χ0v) is 11.2. The minimum Gasteiger partial charge on any atom is -0.385 e. The van der Waals surface area contributed by atoms with E-state index in [0.717, 1.165) is 12.2 Å². The van der Waals surface area contributed by atoms with Crippen molar-refractivity contribution in [3.8, 4) is 0 Å². The van der Waals surface area contributed by atoms with Gasteiger partial charge < -0.3 is 15.4 Å². The van der Waals surface area contributed by atoms with Gasteiger partial charge in [0.05, 0.1) is 0 Å². The summed E-state index contributed by atoms with van der Waals surface area (Å²) in [6.07, 6.45) is 0.798. The Kier molecular flexibility index (Phi) is 6.14. The SMILES string of the molecule is COCCCNC(=O)c1cccc(NC(C)C)n1. The molecule has 0 fully saturated rings. The molecule has 0 aliphatic carbocycles. The third kappa shape index (κ3) is 5.14. The van der Waals surface area contributed by atoms with Gasteiger partial charge in [-0.1, -0.05) is 6.07 Å². The average Bonchev–Trinajstić information content (AvgIpc) is 2.34. The van der Waals surface area contributed by atoms with Crippen molar-refractivity contribution in [1.82, 2.24) is 10.3 Å². The van der Waals surface area contributed by atoms with E-state index in [2.05, 4.69) is 15.6 Å². The molecule has 1 aromatic rings. The highest BCUT2D eigenvalue weighted by atomic mass is 16.5. The molecule has 0 bridgehead atoms. The molecule has 0 aromatic carbocycles. The molecule has 1 aromatic heterocycles. The van der Waals surface area contributed by atoms with Gasteiger partial charge in [0.2, 0.25) is 0 Å². The normalized spacial score (nSPS) is 10.4. The van der Waals surface area contributed by atoms with E-state index in [1.807, 2.05) is 26.0 Å². The summed E-state index contributed by atoms with van der Waals surface area (Å²) in [5, 5.41) is 5.97. The monoisotopic (exact) mass is 251 g/mol. The quantitative estimate of drug-likeness (QED) is 0.724. The lowest BCUT2D eigenvalue weighted by molar-refractivity contribution is 0.0944. The second-order valence-electron chi connectivity index (χ2n) is 4.31. The van der Waals surface area contributed by atoms with Gasteiger partial charge in [0.25, 0.3) is 5.91 Å². The van der Waals surface area contributed by atoms with E-state index >= 15 is 0 Å². The van der Waals surface area contributed by atoms with E-state index in [0.29, 0.717) is 18.8 Å². The fourth-order valence-electron chi connectivity index (χ4n) is 1.45. The molecule has 0 aliphatic rings. The third-order valence-corrected chi connectivity index (χ3v) is 2.23. The van der Waals surface area contributed by atoms with Crippen molar-refractivity contribution >= 4 is 11.7 Å². The lowest BCUT2D eigenvalue weighted by Crippen LogP contribution is -2.26. The molecule has 18 heavy (non-hydrogen) atoms. The highest BCUT2D eigenvalue weighted by Crippen LogP contribution is 2.06. The first-order valence-electron chi connectivity index (χ1n) is 6.14. The van der Waals surface area contributed by atoms with Crippen LogP contribution in [0.15, 0.2) is 18.2 Å². The number of ether oxygens (including phenoxy) is 1. The summed E-state index contributed by atoms with van der Waals surface area (Å²) in [5.41, 5.74) is 0.429. The Hall–Kier alpha value is -1.62. The van der Waals surface area contributed by atoms with Gasteiger partial charge in [-0.2, -0.15) is 0 Å². The molecule has 2 N–H and O–H groups in total. The standard InChI is InChI=1S/C13H21N3O2/c1-10(2)15-12-7-4-6-11(16-12)13(17)14-8-5-9-18-3/h4,6-7,10H,5,8-9H2,1-3H3,(H,14,17)(H,15,16). The van der Waals surface area contributed by atoms with Crippen LogP contribution < -0.4 is 10.6 Å². The number of anilines is 1. The number of rotatable bonds is 7. The summed E-state index contributed by atoms with van der Waals surface area (Å²) < 4.78 is 4.92. The van der Waals surface area contributed by atoms with E-state index in [-0.39, 0.29) is 11.9 Å². The average molecular weight is 251 g/mol. The van der Waals surface area contributed by atoms with Gasteiger partial charge in [-0.05, 0) is 32.4 Å². The molecule has 0 radical (unpaired) electrons. The number of methoxy groups -OCH3 is 1. The van der Waals surface area contributed by atoms with Crippen LogP contribution in [0.25, 0.3) is 0 Å². The Labute approximate surface area is 108 Å². The minimum absolute atomic E-state index is 0.154. The number of nitrogens with zero attached hydrogens (tertiary/aromatic N) is 1. The van der Waals surface area contributed by atoms with Crippen molar-refractivity contribution in [2.75, 3.05) is 25.6 Å². The summed E-state index contributed by atoms with van der Waals surface area (Å²) in [7, 11) is 1.64. The van der Waals surface area contributed by atoms with Crippen molar-refractivity contribution in [1.29, 1.82) is 0 Å². The summed E-state index contributed by atoms with van der Waals surface area (Å²) in [6.45, 7) is 5.29. The molecule has 0 atom stereocenters. The smallest absolute Gasteiger partial charge is 0.269 e. The Balaban J connectivity index is 2.51. The lowest BCUT2D eigenvalue weighted by Gasteiger charge is -2.10. The van der Waals surface area contributed by atoms with E-state index < -0.39 is 0 Å². The van der Waals surface area contributed by atoms with Crippen LogP contribution in [-0.2, 0) is 4.74 Å². The number of pyridine rings is 1. The van der Waals surface area contributed by atoms with Gasteiger partial charge in [0, 0.05) is 26.3 Å². The van der Waals surface area contributed by atoms with Crippen molar-refractivity contribution in [2.45, 2.75) is 26.3 Å². The maximum Gasteiger partial charge on any atom is 0.269 e. The Morgan fingerprint density at radius 3 is 2.89 bits per heavy atom. The van der Waals surface area contributed by atoms with Crippen LogP contribution in [0, 0.1) is 0 Å². The molecule has 0 spiro atoms. The number of carbonyl (C=O) groups is 1. The third-order valence-electron chi connectivity index (χ3n) is 2.23. The van der Waals surface area contributed by atoms with E-state index in [1.54, 1.807) is 13.2 Å². The highest BCUT2D eigenvalue weighted by Gasteiger charge is 2.07. The number of aromatic nitrogens is 1. The molecule has 0 saturated carbocycles. The molecule has 100 valence electrons. The summed E-state index contributed by atoms with van der Waals surface area (Å²) in [5.74, 6) is 0.563. The van der Waals surface area contributed by atoms with Crippen molar-refractivity contribution < 1.29 is 9.53 Å². The minimum atomic E-state index is -0.154.